The van der Waals surface area contributed by atoms with Gasteiger partial charge in [-0.3, -0.25) is 14.5 Å². The fourth-order valence-corrected chi connectivity index (χ4v) is 6.56. The van der Waals surface area contributed by atoms with Gasteiger partial charge in [0.15, 0.2) is 11.5 Å². The van der Waals surface area contributed by atoms with Gasteiger partial charge in [-0.25, -0.2) is 4.68 Å². The minimum atomic E-state index is -0.271. The molecule has 42 heavy (non-hydrogen) atoms. The molecule has 4 aromatic rings. The number of fused-ring (bicyclic) bond motifs is 2. The Hall–Kier alpha value is -4.28. The number of amides is 2. The van der Waals surface area contributed by atoms with Crippen molar-refractivity contribution in [1.29, 1.82) is 0 Å². The van der Waals surface area contributed by atoms with Crippen molar-refractivity contribution in [2.45, 2.75) is 19.1 Å². The van der Waals surface area contributed by atoms with E-state index in [1.165, 1.54) is 11.8 Å². The predicted octanol–water partition coefficient (Wildman–Crippen LogP) is 4.82. The molecule has 0 saturated carbocycles. The SMILES string of the molecule is COCCNC(=O)CN1C(=O)CSC(c2ccc3c(c2)OCO3)c2c(-c3ccccc3)nn(-c3ccc(C)cc3C)c21. The summed E-state index contributed by atoms with van der Waals surface area (Å²) in [4.78, 5) is 28.6. The van der Waals surface area contributed by atoms with Crippen molar-refractivity contribution < 1.29 is 23.8 Å². The van der Waals surface area contributed by atoms with E-state index in [1.807, 2.05) is 79.2 Å². The number of hydrogen-bond donors (Lipinski definition) is 1. The first-order valence-corrected chi connectivity index (χ1v) is 14.8. The van der Waals surface area contributed by atoms with E-state index in [9.17, 15) is 9.59 Å². The van der Waals surface area contributed by atoms with Gasteiger partial charge in [-0.05, 0) is 43.2 Å². The Morgan fingerprint density at radius 2 is 1.88 bits per heavy atom. The molecule has 0 fully saturated rings. The third kappa shape index (κ3) is 5.35. The fraction of sp³-hybridized carbons (Fsp3) is 0.281. The van der Waals surface area contributed by atoms with Crippen LogP contribution in [0.4, 0.5) is 5.82 Å². The molecule has 216 valence electrons. The maximum atomic E-state index is 13.9. The molecular formula is C32H32N4O5S. The summed E-state index contributed by atoms with van der Waals surface area (Å²) in [5, 5.41) is 7.78. The van der Waals surface area contributed by atoms with Crippen LogP contribution in [0.25, 0.3) is 16.9 Å². The second-order valence-corrected chi connectivity index (χ2v) is 11.4. The van der Waals surface area contributed by atoms with Crippen LogP contribution in [0, 0.1) is 13.8 Å². The lowest BCUT2D eigenvalue weighted by molar-refractivity contribution is -0.123. The van der Waals surface area contributed by atoms with Gasteiger partial charge in [0.25, 0.3) is 0 Å². The Morgan fingerprint density at radius 1 is 1.07 bits per heavy atom. The Kier molecular flexibility index (Phi) is 7.90. The van der Waals surface area contributed by atoms with Crippen molar-refractivity contribution >= 4 is 29.4 Å². The second-order valence-electron chi connectivity index (χ2n) is 10.3. The molecule has 1 N–H and O–H groups in total. The normalized spacial score (nSPS) is 15.8. The highest BCUT2D eigenvalue weighted by molar-refractivity contribution is 8.00. The number of hydrogen-bond acceptors (Lipinski definition) is 7. The minimum absolute atomic E-state index is 0.144. The number of nitrogens with zero attached hydrogens (tertiary/aromatic N) is 3. The quantitative estimate of drug-likeness (QED) is 0.297. The zero-order valence-electron chi connectivity index (χ0n) is 23.8. The molecule has 6 rings (SSSR count). The molecule has 9 nitrogen and oxygen atoms in total. The number of ether oxygens (including phenoxy) is 3. The van der Waals surface area contributed by atoms with Gasteiger partial charge in [0.2, 0.25) is 18.6 Å². The summed E-state index contributed by atoms with van der Waals surface area (Å²) in [7, 11) is 1.58. The van der Waals surface area contributed by atoms with Crippen LogP contribution in [0.1, 0.15) is 27.5 Å². The standard InChI is InChI=1S/C32H32N4O5S/c1-20-9-11-24(21(2)15-20)36-32-29(30(34-36)22-7-5-4-6-8-22)31(23-10-12-25-26(16-23)41-19-40-25)42-18-28(38)35(32)17-27(37)33-13-14-39-3/h4-12,15-16,31H,13-14,17-19H2,1-3H3,(H,33,37). The lowest BCUT2D eigenvalue weighted by Crippen LogP contribution is -2.43. The molecule has 10 heteroatoms. The highest BCUT2D eigenvalue weighted by Gasteiger charge is 2.38. The van der Waals surface area contributed by atoms with E-state index in [0.29, 0.717) is 30.5 Å². The Labute approximate surface area is 248 Å². The van der Waals surface area contributed by atoms with Gasteiger partial charge in [-0.1, -0.05) is 54.1 Å². The van der Waals surface area contributed by atoms with Gasteiger partial charge in [0, 0.05) is 24.8 Å². The number of benzene rings is 3. The number of aryl methyl sites for hydroxylation is 2. The molecule has 3 aromatic carbocycles. The van der Waals surface area contributed by atoms with Crippen LogP contribution in [0.15, 0.2) is 66.7 Å². The first-order chi connectivity index (χ1) is 20.4. The first kappa shape index (κ1) is 27.9. The van der Waals surface area contributed by atoms with Crippen LogP contribution in [-0.2, 0) is 14.3 Å². The topological polar surface area (TPSA) is 94.9 Å². The van der Waals surface area contributed by atoms with E-state index in [4.69, 9.17) is 19.3 Å². The van der Waals surface area contributed by atoms with Crippen molar-refractivity contribution in [2.75, 3.05) is 44.3 Å². The molecule has 0 aliphatic carbocycles. The van der Waals surface area contributed by atoms with Crippen molar-refractivity contribution in [3.8, 4) is 28.4 Å². The van der Waals surface area contributed by atoms with Gasteiger partial charge >= 0.3 is 0 Å². The number of thioether (sulfide) groups is 1. The highest BCUT2D eigenvalue weighted by Crippen LogP contribution is 2.50. The first-order valence-electron chi connectivity index (χ1n) is 13.8. The number of methoxy groups -OCH3 is 1. The van der Waals surface area contributed by atoms with Gasteiger partial charge < -0.3 is 19.5 Å². The van der Waals surface area contributed by atoms with Gasteiger partial charge in [0.1, 0.15) is 12.4 Å². The van der Waals surface area contributed by atoms with E-state index in [2.05, 4.69) is 11.4 Å². The van der Waals surface area contributed by atoms with E-state index >= 15 is 0 Å². The van der Waals surface area contributed by atoms with Gasteiger partial charge in [-0.2, -0.15) is 5.10 Å². The maximum absolute atomic E-state index is 13.9. The third-order valence-electron chi connectivity index (χ3n) is 7.35. The minimum Gasteiger partial charge on any atom is -0.454 e. The van der Waals surface area contributed by atoms with E-state index in [-0.39, 0.29) is 36.2 Å². The molecule has 0 radical (unpaired) electrons. The number of nitrogens with one attached hydrogen (secondary N) is 1. The van der Waals surface area contributed by atoms with Crippen LogP contribution < -0.4 is 19.7 Å². The lowest BCUT2D eigenvalue weighted by atomic mass is 9.99. The molecule has 2 aliphatic rings. The van der Waals surface area contributed by atoms with E-state index < -0.39 is 0 Å². The van der Waals surface area contributed by atoms with Gasteiger partial charge in [0.05, 0.1) is 29.0 Å². The summed E-state index contributed by atoms with van der Waals surface area (Å²) in [6.45, 7) is 4.84. The molecule has 2 aliphatic heterocycles. The fourth-order valence-electron chi connectivity index (χ4n) is 5.37. The van der Waals surface area contributed by atoms with Crippen molar-refractivity contribution in [3.05, 3.63) is 89.0 Å². The van der Waals surface area contributed by atoms with E-state index in [1.54, 1.807) is 12.0 Å². The lowest BCUT2D eigenvalue weighted by Gasteiger charge is -2.24. The van der Waals surface area contributed by atoms with Crippen LogP contribution >= 0.6 is 11.8 Å². The zero-order chi connectivity index (χ0) is 29.2. The van der Waals surface area contributed by atoms with Crippen LogP contribution in [-0.4, -0.2) is 60.9 Å². The van der Waals surface area contributed by atoms with E-state index in [0.717, 1.165) is 39.2 Å². The maximum Gasteiger partial charge on any atom is 0.240 e. The molecule has 0 saturated heterocycles. The number of aromatic nitrogens is 2. The third-order valence-corrected chi connectivity index (χ3v) is 8.60. The molecule has 2 amide bonds. The molecule has 1 atom stereocenters. The van der Waals surface area contributed by atoms with Crippen molar-refractivity contribution in [1.82, 2.24) is 15.1 Å². The smallest absolute Gasteiger partial charge is 0.240 e. The number of anilines is 1. The van der Waals surface area contributed by atoms with Crippen LogP contribution in [0.2, 0.25) is 0 Å². The number of carbonyl (C=O) groups is 2. The largest absolute Gasteiger partial charge is 0.454 e. The average Bonchev–Trinajstić information content (AvgIpc) is 3.58. The zero-order valence-corrected chi connectivity index (χ0v) is 24.6. The molecular weight excluding hydrogens is 552 g/mol. The van der Waals surface area contributed by atoms with Crippen LogP contribution in [0.5, 0.6) is 11.5 Å². The molecule has 3 heterocycles. The number of carbonyl (C=O) groups excluding carboxylic acids is 2. The van der Waals surface area contributed by atoms with Crippen molar-refractivity contribution in [3.63, 3.8) is 0 Å². The van der Waals surface area contributed by atoms with Gasteiger partial charge in [-0.15, -0.1) is 11.8 Å². The summed E-state index contributed by atoms with van der Waals surface area (Å²) in [5.74, 6) is 1.69. The Morgan fingerprint density at radius 3 is 2.67 bits per heavy atom. The highest BCUT2D eigenvalue weighted by atomic mass is 32.2. The van der Waals surface area contributed by atoms with Crippen LogP contribution in [0.3, 0.4) is 0 Å². The summed E-state index contributed by atoms with van der Waals surface area (Å²) in [5.41, 5.74) is 6.46. The Bertz CT molecular complexity index is 1640. The monoisotopic (exact) mass is 584 g/mol. The summed E-state index contributed by atoms with van der Waals surface area (Å²) >= 11 is 1.52. The summed E-state index contributed by atoms with van der Waals surface area (Å²) in [6.07, 6.45) is 0. The molecule has 1 aromatic heterocycles. The summed E-state index contributed by atoms with van der Waals surface area (Å²) < 4.78 is 18.2. The van der Waals surface area contributed by atoms with Crippen molar-refractivity contribution in [2.24, 2.45) is 0 Å². The predicted molar refractivity (Wildman–Crippen MR) is 163 cm³/mol. The average molecular weight is 585 g/mol. The molecule has 0 spiro atoms. The number of rotatable bonds is 8. The molecule has 1 unspecified atom stereocenters. The molecule has 0 bridgehead atoms. The Balaban J connectivity index is 1.59. The summed E-state index contributed by atoms with van der Waals surface area (Å²) in [6, 6.07) is 22.0. The second kappa shape index (κ2) is 11.9.